The number of nitrogens with zero attached hydrogens (tertiary/aromatic N) is 3. The lowest BCUT2D eigenvalue weighted by Gasteiger charge is -2.17. The molecule has 0 aliphatic rings. The van der Waals surface area contributed by atoms with Crippen LogP contribution in [0.2, 0.25) is 5.02 Å². The number of hydrogen-bond acceptors (Lipinski definition) is 3. The monoisotopic (exact) mass is 345 g/mol. The molecule has 19 heavy (non-hydrogen) atoms. The minimum atomic E-state index is -0.640. The maximum absolute atomic E-state index is 11.5. The molecule has 0 aliphatic heterocycles. The van der Waals surface area contributed by atoms with Crippen molar-refractivity contribution in [3.8, 4) is 0 Å². The highest BCUT2D eigenvalue weighted by Crippen LogP contribution is 2.26. The number of primary amides is 1. The van der Waals surface area contributed by atoms with Gasteiger partial charge in [0.2, 0.25) is 5.91 Å². The molecule has 1 unspecified atom stereocenters. The first-order chi connectivity index (χ1) is 9.06. The molecule has 1 aromatic rings. The molecule has 0 spiro atoms. The Hall–Kier alpha value is -1.27. The van der Waals surface area contributed by atoms with Crippen LogP contribution in [0.15, 0.2) is 27.8 Å². The van der Waals surface area contributed by atoms with Gasteiger partial charge in [0.1, 0.15) is 6.04 Å². The third-order valence-electron chi connectivity index (χ3n) is 2.40. The summed E-state index contributed by atoms with van der Waals surface area (Å²) in [5.41, 5.74) is 14.2. The zero-order valence-electron chi connectivity index (χ0n) is 10.0. The smallest absolute Gasteiger partial charge is 0.239 e. The van der Waals surface area contributed by atoms with E-state index in [1.807, 2.05) is 0 Å². The topological polar surface area (TPSA) is 104 Å². The van der Waals surface area contributed by atoms with Crippen LogP contribution in [0.1, 0.15) is 18.0 Å². The summed E-state index contributed by atoms with van der Waals surface area (Å²) in [7, 11) is 0. The van der Waals surface area contributed by atoms with Gasteiger partial charge in [-0.1, -0.05) is 32.6 Å². The predicted octanol–water partition coefficient (Wildman–Crippen LogP) is 2.92. The molecular weight excluding hydrogens is 334 g/mol. The molecule has 1 aromatic carbocycles. The van der Waals surface area contributed by atoms with E-state index in [2.05, 4.69) is 31.3 Å². The Morgan fingerprint density at radius 3 is 3.00 bits per heavy atom. The summed E-state index contributed by atoms with van der Waals surface area (Å²) < 4.78 is 0.753. The van der Waals surface area contributed by atoms with Gasteiger partial charge in [-0.3, -0.25) is 4.79 Å². The fourth-order valence-electron chi connectivity index (χ4n) is 1.54. The van der Waals surface area contributed by atoms with Crippen LogP contribution in [-0.2, 0) is 4.79 Å². The maximum Gasteiger partial charge on any atom is 0.239 e. The lowest BCUT2D eigenvalue weighted by atomic mass is 10.1. The minimum absolute atomic E-state index is 0.367. The Morgan fingerprint density at radius 2 is 2.37 bits per heavy atom. The fraction of sp³-hybridized carbons (Fsp3) is 0.364. The molecule has 0 heterocycles. The number of amides is 1. The maximum atomic E-state index is 11.5. The lowest BCUT2D eigenvalue weighted by molar-refractivity contribution is -0.120. The van der Waals surface area contributed by atoms with Gasteiger partial charge >= 0.3 is 0 Å². The van der Waals surface area contributed by atoms with Crippen LogP contribution in [0.25, 0.3) is 10.4 Å². The largest absolute Gasteiger partial charge is 0.368 e. The molecule has 6 nitrogen and oxygen atoms in total. The van der Waals surface area contributed by atoms with E-state index in [4.69, 9.17) is 22.9 Å². The van der Waals surface area contributed by atoms with Gasteiger partial charge in [-0.2, -0.15) is 0 Å². The van der Waals surface area contributed by atoms with E-state index in [1.165, 1.54) is 0 Å². The molecule has 0 aliphatic carbocycles. The molecule has 0 fully saturated rings. The van der Waals surface area contributed by atoms with Crippen molar-refractivity contribution in [2.45, 2.75) is 12.5 Å². The van der Waals surface area contributed by atoms with E-state index in [1.54, 1.807) is 18.2 Å². The third-order valence-corrected chi connectivity index (χ3v) is 3.36. The summed E-state index contributed by atoms with van der Waals surface area (Å²) >= 11 is 9.27. The summed E-state index contributed by atoms with van der Waals surface area (Å²) in [6.45, 7) is 0.872. The van der Waals surface area contributed by atoms with Gasteiger partial charge in [0.05, 0.1) is 0 Å². The second-order valence-electron chi connectivity index (χ2n) is 3.76. The Kier molecular flexibility index (Phi) is 6.66. The first-order valence-corrected chi connectivity index (χ1v) is 6.72. The molecular formula is C11H13BrClN5O. The average molecular weight is 347 g/mol. The van der Waals surface area contributed by atoms with Crippen LogP contribution >= 0.6 is 27.5 Å². The second kappa shape index (κ2) is 8.01. The highest BCUT2D eigenvalue weighted by molar-refractivity contribution is 9.10. The fourth-order valence-corrected chi connectivity index (χ4v) is 2.20. The zero-order chi connectivity index (χ0) is 14.3. The Balaban J connectivity index is 2.74. The summed E-state index contributed by atoms with van der Waals surface area (Å²) in [6, 6.07) is 4.52. The normalized spacial score (nSPS) is 11.7. The molecule has 0 aromatic heterocycles. The number of azide groups is 1. The molecule has 8 heteroatoms. The predicted molar refractivity (Wildman–Crippen MR) is 77.7 cm³/mol. The van der Waals surface area contributed by atoms with Crippen LogP contribution in [0.4, 0.5) is 0 Å². The van der Waals surface area contributed by atoms with Crippen molar-refractivity contribution in [3.63, 3.8) is 0 Å². The second-order valence-corrected chi connectivity index (χ2v) is 5.05. The van der Waals surface area contributed by atoms with Crippen molar-refractivity contribution in [1.29, 1.82) is 0 Å². The van der Waals surface area contributed by atoms with Gasteiger partial charge in [-0.15, -0.1) is 0 Å². The van der Waals surface area contributed by atoms with Crippen LogP contribution in [0, 0.1) is 0 Å². The van der Waals surface area contributed by atoms with Crippen molar-refractivity contribution in [2.24, 2.45) is 10.8 Å². The first kappa shape index (κ1) is 15.8. The summed E-state index contributed by atoms with van der Waals surface area (Å²) in [5.74, 6) is -0.494. The molecule has 3 N–H and O–H groups in total. The highest BCUT2D eigenvalue weighted by Gasteiger charge is 2.19. The molecule has 1 rings (SSSR count). The molecule has 0 saturated carbocycles. The molecule has 1 atom stereocenters. The van der Waals surface area contributed by atoms with Gasteiger partial charge in [0.15, 0.2) is 0 Å². The van der Waals surface area contributed by atoms with E-state index in [9.17, 15) is 4.79 Å². The third kappa shape index (κ3) is 5.08. The van der Waals surface area contributed by atoms with Crippen molar-refractivity contribution in [1.82, 2.24) is 5.32 Å². The number of carbonyl (C=O) groups is 1. The van der Waals surface area contributed by atoms with E-state index < -0.39 is 11.9 Å². The standard InChI is InChI=1S/C11H13BrClN5O/c12-9-3-2-7(13)6-8(9)10(11(14)19)16-4-1-5-17-18-15/h2-3,6,10,16H,1,4-5H2,(H2,14,19). The summed E-state index contributed by atoms with van der Waals surface area (Å²) in [4.78, 5) is 14.1. The number of halogens is 2. The quantitative estimate of drug-likeness (QED) is 0.343. The number of rotatable bonds is 7. The number of benzene rings is 1. The molecule has 0 radical (unpaired) electrons. The summed E-state index contributed by atoms with van der Waals surface area (Å²) in [6.07, 6.45) is 0.617. The SMILES string of the molecule is [N-]=[N+]=NCCCNC(C(N)=O)c1cc(Cl)ccc1Br. The Morgan fingerprint density at radius 1 is 1.63 bits per heavy atom. The van der Waals surface area contributed by atoms with E-state index >= 15 is 0 Å². The van der Waals surface area contributed by atoms with Crippen LogP contribution in [0.5, 0.6) is 0 Å². The molecule has 102 valence electrons. The average Bonchev–Trinajstić information content (AvgIpc) is 2.37. The Labute approximate surface area is 124 Å². The van der Waals surface area contributed by atoms with Crippen molar-refractivity contribution >= 4 is 33.4 Å². The number of nitrogens with two attached hydrogens (primary N) is 1. The molecule has 0 bridgehead atoms. The Bertz CT molecular complexity index is 504. The number of carbonyl (C=O) groups excluding carboxylic acids is 1. The number of nitrogens with one attached hydrogen (secondary N) is 1. The zero-order valence-corrected chi connectivity index (χ0v) is 12.4. The van der Waals surface area contributed by atoms with Gasteiger partial charge < -0.3 is 11.1 Å². The summed E-state index contributed by atoms with van der Waals surface area (Å²) in [5, 5.41) is 6.96. The number of hydrogen-bond donors (Lipinski definition) is 2. The van der Waals surface area contributed by atoms with Crippen molar-refractivity contribution < 1.29 is 4.79 Å². The van der Waals surface area contributed by atoms with Crippen LogP contribution in [-0.4, -0.2) is 19.0 Å². The van der Waals surface area contributed by atoms with Crippen molar-refractivity contribution in [3.05, 3.63) is 43.7 Å². The van der Waals surface area contributed by atoms with Crippen LogP contribution < -0.4 is 11.1 Å². The van der Waals surface area contributed by atoms with Gasteiger partial charge in [-0.05, 0) is 42.3 Å². The first-order valence-electron chi connectivity index (χ1n) is 5.54. The van der Waals surface area contributed by atoms with Gasteiger partial charge in [-0.25, -0.2) is 0 Å². The van der Waals surface area contributed by atoms with Gasteiger partial charge in [0, 0.05) is 21.0 Å². The molecule has 0 saturated heterocycles. The van der Waals surface area contributed by atoms with E-state index in [0.29, 0.717) is 30.1 Å². The minimum Gasteiger partial charge on any atom is -0.368 e. The lowest BCUT2D eigenvalue weighted by Crippen LogP contribution is -2.34. The van der Waals surface area contributed by atoms with E-state index in [-0.39, 0.29) is 0 Å². The van der Waals surface area contributed by atoms with Crippen molar-refractivity contribution in [2.75, 3.05) is 13.1 Å². The van der Waals surface area contributed by atoms with E-state index in [0.717, 1.165) is 4.47 Å². The molecule has 1 amide bonds. The van der Waals surface area contributed by atoms with Gasteiger partial charge in [0.25, 0.3) is 0 Å². The highest BCUT2D eigenvalue weighted by atomic mass is 79.9. The van der Waals surface area contributed by atoms with Crippen LogP contribution in [0.3, 0.4) is 0 Å².